The molecule has 0 heterocycles. The van der Waals surface area contributed by atoms with E-state index in [4.69, 9.17) is 0 Å². The molecule has 0 amide bonds. The van der Waals surface area contributed by atoms with Crippen LogP contribution in [0.2, 0.25) is 13.1 Å². The molecule has 0 bridgehead atoms. The van der Waals surface area contributed by atoms with Crippen molar-refractivity contribution < 1.29 is 0 Å². The van der Waals surface area contributed by atoms with Gasteiger partial charge in [-0.1, -0.05) is 66.4 Å². The SMILES string of the molecule is Cc1ccc2c(c1[SiH](C)C)C=C1C=CC=CC12. The third kappa shape index (κ3) is 1.57. The third-order valence-electron chi connectivity index (χ3n) is 3.82. The van der Waals surface area contributed by atoms with Gasteiger partial charge in [-0.05, 0) is 23.6 Å². The van der Waals surface area contributed by atoms with E-state index in [0.29, 0.717) is 5.92 Å². The summed E-state index contributed by atoms with van der Waals surface area (Å²) in [6.45, 7) is 7.11. The normalized spacial score (nSPS) is 20.5. The van der Waals surface area contributed by atoms with Gasteiger partial charge in [0.15, 0.2) is 0 Å². The molecule has 3 rings (SSSR count). The Bertz CT molecular complexity index is 559. The fourth-order valence-electron chi connectivity index (χ4n) is 3.11. The van der Waals surface area contributed by atoms with Crippen LogP contribution in [0.4, 0.5) is 0 Å². The molecular formula is C16H18Si. The summed E-state index contributed by atoms with van der Waals surface area (Å²) in [4.78, 5) is 0. The van der Waals surface area contributed by atoms with Crippen molar-refractivity contribution in [3.63, 3.8) is 0 Å². The fourth-order valence-corrected chi connectivity index (χ4v) is 4.98. The summed E-state index contributed by atoms with van der Waals surface area (Å²) in [6, 6.07) is 4.63. The summed E-state index contributed by atoms with van der Waals surface area (Å²) in [6.07, 6.45) is 11.3. The average molecular weight is 238 g/mol. The Morgan fingerprint density at radius 2 is 1.94 bits per heavy atom. The van der Waals surface area contributed by atoms with E-state index in [1.165, 1.54) is 22.3 Å². The molecule has 0 nitrogen and oxygen atoms in total. The molecule has 2 aliphatic rings. The first-order valence-electron chi connectivity index (χ1n) is 6.38. The van der Waals surface area contributed by atoms with Crippen molar-refractivity contribution in [2.45, 2.75) is 25.9 Å². The number of hydrogen-bond acceptors (Lipinski definition) is 0. The first-order chi connectivity index (χ1) is 8.18. The van der Waals surface area contributed by atoms with Gasteiger partial charge in [0.2, 0.25) is 0 Å². The highest BCUT2D eigenvalue weighted by atomic mass is 28.3. The van der Waals surface area contributed by atoms with Crippen LogP contribution in [-0.4, -0.2) is 8.80 Å². The van der Waals surface area contributed by atoms with Gasteiger partial charge in [-0.25, -0.2) is 0 Å². The van der Waals surface area contributed by atoms with Gasteiger partial charge in [0.1, 0.15) is 0 Å². The molecule has 0 saturated heterocycles. The van der Waals surface area contributed by atoms with Gasteiger partial charge in [0, 0.05) is 5.92 Å². The van der Waals surface area contributed by atoms with Gasteiger partial charge in [-0.3, -0.25) is 0 Å². The number of allylic oxidation sites excluding steroid dienone is 5. The minimum Gasteiger partial charge on any atom is -0.0726 e. The minimum absolute atomic E-state index is 0.516. The van der Waals surface area contributed by atoms with Gasteiger partial charge in [-0.2, -0.15) is 0 Å². The highest BCUT2D eigenvalue weighted by Crippen LogP contribution is 2.39. The van der Waals surface area contributed by atoms with Crippen LogP contribution in [0.1, 0.15) is 22.6 Å². The van der Waals surface area contributed by atoms with Crippen molar-refractivity contribution in [2.75, 3.05) is 0 Å². The Morgan fingerprint density at radius 1 is 1.12 bits per heavy atom. The van der Waals surface area contributed by atoms with Crippen molar-refractivity contribution in [1.29, 1.82) is 0 Å². The lowest BCUT2D eigenvalue weighted by atomic mass is 9.92. The third-order valence-corrected chi connectivity index (χ3v) is 5.75. The van der Waals surface area contributed by atoms with Gasteiger partial charge >= 0.3 is 0 Å². The van der Waals surface area contributed by atoms with E-state index < -0.39 is 8.80 Å². The number of aryl methyl sites for hydroxylation is 1. The topological polar surface area (TPSA) is 0 Å². The van der Waals surface area contributed by atoms with E-state index in [1.807, 2.05) is 0 Å². The van der Waals surface area contributed by atoms with Crippen LogP contribution < -0.4 is 5.19 Å². The quantitative estimate of drug-likeness (QED) is 0.659. The Balaban J connectivity index is 2.24. The van der Waals surface area contributed by atoms with E-state index in [-0.39, 0.29) is 0 Å². The lowest BCUT2D eigenvalue weighted by molar-refractivity contribution is 1.05. The van der Waals surface area contributed by atoms with Crippen LogP contribution in [0.5, 0.6) is 0 Å². The van der Waals surface area contributed by atoms with Crippen molar-refractivity contribution in [3.8, 4) is 0 Å². The first-order valence-corrected chi connectivity index (χ1v) is 9.27. The summed E-state index contributed by atoms with van der Waals surface area (Å²) < 4.78 is 0. The molecule has 0 fully saturated rings. The number of benzene rings is 1. The highest BCUT2D eigenvalue weighted by Gasteiger charge is 2.26. The Hall–Kier alpha value is -1.34. The molecule has 86 valence electrons. The molecule has 1 heteroatoms. The van der Waals surface area contributed by atoms with Crippen LogP contribution in [-0.2, 0) is 0 Å². The predicted octanol–water partition coefficient (Wildman–Crippen LogP) is 3.30. The lowest BCUT2D eigenvalue weighted by Crippen LogP contribution is -2.28. The van der Waals surface area contributed by atoms with Crippen LogP contribution in [0.3, 0.4) is 0 Å². The van der Waals surface area contributed by atoms with Gasteiger partial charge in [0.25, 0.3) is 0 Å². The standard InChI is InChI=1S/C16H18Si/c1-11-8-9-14-13-7-5-4-6-12(13)10-15(14)16(11)17(2)3/h4-10,13,17H,1-3H3. The molecule has 1 aromatic rings. The minimum atomic E-state index is -0.762. The predicted molar refractivity (Wildman–Crippen MR) is 78.7 cm³/mol. The van der Waals surface area contributed by atoms with Crippen LogP contribution >= 0.6 is 0 Å². The van der Waals surface area contributed by atoms with E-state index in [9.17, 15) is 0 Å². The van der Waals surface area contributed by atoms with E-state index in [1.54, 1.807) is 5.19 Å². The van der Waals surface area contributed by atoms with Crippen LogP contribution in [0.15, 0.2) is 42.0 Å². The van der Waals surface area contributed by atoms with Crippen molar-refractivity contribution in [1.82, 2.24) is 0 Å². The molecule has 1 aromatic carbocycles. The van der Waals surface area contributed by atoms with Crippen molar-refractivity contribution >= 4 is 20.1 Å². The Kier molecular flexibility index (Phi) is 2.44. The summed E-state index contributed by atoms with van der Waals surface area (Å²) in [7, 11) is -0.762. The second-order valence-corrected chi connectivity index (χ2v) is 8.21. The van der Waals surface area contributed by atoms with Gasteiger partial charge in [-0.15, -0.1) is 0 Å². The zero-order valence-corrected chi connectivity index (χ0v) is 11.9. The molecule has 0 N–H and O–H groups in total. The fraction of sp³-hybridized carbons (Fsp3) is 0.250. The van der Waals surface area contributed by atoms with Crippen LogP contribution in [0.25, 0.3) is 6.08 Å². The summed E-state index contributed by atoms with van der Waals surface area (Å²) in [5.41, 5.74) is 5.99. The maximum atomic E-state index is 2.43. The molecule has 2 aliphatic carbocycles. The summed E-state index contributed by atoms with van der Waals surface area (Å²) in [5.74, 6) is 0.516. The first kappa shape index (κ1) is 10.8. The average Bonchev–Trinajstić information content (AvgIpc) is 2.66. The van der Waals surface area contributed by atoms with E-state index in [0.717, 1.165) is 0 Å². The monoisotopic (exact) mass is 238 g/mol. The molecule has 17 heavy (non-hydrogen) atoms. The smallest absolute Gasteiger partial charge is 0.0658 e. The van der Waals surface area contributed by atoms with E-state index >= 15 is 0 Å². The molecule has 1 unspecified atom stereocenters. The molecule has 0 radical (unpaired) electrons. The Morgan fingerprint density at radius 3 is 2.71 bits per heavy atom. The second-order valence-electron chi connectivity index (χ2n) is 5.32. The van der Waals surface area contributed by atoms with Gasteiger partial charge < -0.3 is 0 Å². The largest absolute Gasteiger partial charge is 0.0726 e. The van der Waals surface area contributed by atoms with Gasteiger partial charge in [0.05, 0.1) is 8.80 Å². The van der Waals surface area contributed by atoms with Crippen molar-refractivity contribution in [2.24, 2.45) is 0 Å². The summed E-state index contributed by atoms with van der Waals surface area (Å²) >= 11 is 0. The van der Waals surface area contributed by atoms with Crippen LogP contribution in [0, 0.1) is 6.92 Å². The molecule has 0 aromatic heterocycles. The molecule has 0 saturated carbocycles. The summed E-state index contributed by atoms with van der Waals surface area (Å²) in [5, 5.41) is 1.66. The second kappa shape index (κ2) is 3.85. The number of rotatable bonds is 1. The number of fused-ring (bicyclic) bond motifs is 3. The Labute approximate surface area is 105 Å². The molecule has 1 atom stereocenters. The zero-order valence-electron chi connectivity index (χ0n) is 10.7. The molecule has 0 spiro atoms. The zero-order chi connectivity index (χ0) is 12.0. The maximum Gasteiger partial charge on any atom is 0.0658 e. The molecular weight excluding hydrogens is 220 g/mol. The maximum absolute atomic E-state index is 2.43. The molecule has 0 aliphatic heterocycles. The van der Waals surface area contributed by atoms with Crippen molar-refractivity contribution in [3.05, 3.63) is 58.7 Å². The highest BCUT2D eigenvalue weighted by molar-refractivity contribution is 6.72. The number of hydrogen-bond donors (Lipinski definition) is 0. The van der Waals surface area contributed by atoms with E-state index in [2.05, 4.69) is 62.5 Å². The lowest BCUT2D eigenvalue weighted by Gasteiger charge is -2.17.